The third-order valence-corrected chi connectivity index (χ3v) is 6.35. The summed E-state index contributed by atoms with van der Waals surface area (Å²) in [6.07, 6.45) is 0.772. The van der Waals surface area contributed by atoms with Crippen molar-refractivity contribution in [2.24, 2.45) is 11.1 Å². The maximum absolute atomic E-state index is 12.6. The van der Waals surface area contributed by atoms with Crippen LogP contribution in [-0.2, 0) is 10.0 Å². The quantitative estimate of drug-likeness (QED) is 0.892. The van der Waals surface area contributed by atoms with Crippen LogP contribution in [0.4, 0.5) is 0 Å². The van der Waals surface area contributed by atoms with Gasteiger partial charge in [-0.3, -0.25) is 0 Å². The summed E-state index contributed by atoms with van der Waals surface area (Å²) in [5, 5.41) is 0.240. The number of hydrogen-bond donors (Lipinski definition) is 1. The van der Waals surface area contributed by atoms with Gasteiger partial charge in [0.25, 0.3) is 0 Å². The molecule has 7 heteroatoms. The Kier molecular flexibility index (Phi) is 4.28. The number of rotatable bonds is 3. The Morgan fingerprint density at radius 1 is 1.53 bits per heavy atom. The molecular formula is C12H16BrClN2O2S. The van der Waals surface area contributed by atoms with E-state index in [2.05, 4.69) is 15.9 Å². The average Bonchev–Trinajstić information content (AvgIpc) is 2.76. The Bertz CT molecular complexity index is 593. The predicted octanol–water partition coefficient (Wildman–Crippen LogP) is 2.46. The summed E-state index contributed by atoms with van der Waals surface area (Å²) < 4.78 is 27.3. The standard InChI is InChI=1S/C12H16BrClN2O2S/c1-12(7-15)4-5-16(8-12)19(17,18)11-6-9(13)2-3-10(11)14/h2-3,6H,4-5,7-8,15H2,1H3. The topological polar surface area (TPSA) is 63.4 Å². The lowest BCUT2D eigenvalue weighted by molar-refractivity contribution is 0.349. The van der Waals surface area contributed by atoms with E-state index in [-0.39, 0.29) is 15.3 Å². The first-order valence-electron chi connectivity index (χ1n) is 5.94. The van der Waals surface area contributed by atoms with Crippen molar-refractivity contribution in [1.29, 1.82) is 0 Å². The maximum Gasteiger partial charge on any atom is 0.244 e. The summed E-state index contributed by atoms with van der Waals surface area (Å²) in [4.78, 5) is 0.143. The normalized spacial score (nSPS) is 24.8. The van der Waals surface area contributed by atoms with E-state index in [9.17, 15) is 8.42 Å². The van der Waals surface area contributed by atoms with Crippen molar-refractivity contribution in [2.45, 2.75) is 18.2 Å². The molecular weight excluding hydrogens is 352 g/mol. The van der Waals surface area contributed by atoms with E-state index in [1.807, 2.05) is 6.92 Å². The van der Waals surface area contributed by atoms with E-state index >= 15 is 0 Å². The molecule has 0 spiro atoms. The third-order valence-electron chi connectivity index (χ3n) is 3.53. The first-order chi connectivity index (χ1) is 8.78. The van der Waals surface area contributed by atoms with Crippen molar-refractivity contribution in [3.63, 3.8) is 0 Å². The van der Waals surface area contributed by atoms with Crippen LogP contribution in [0, 0.1) is 5.41 Å². The van der Waals surface area contributed by atoms with Crippen LogP contribution in [-0.4, -0.2) is 32.4 Å². The van der Waals surface area contributed by atoms with E-state index < -0.39 is 10.0 Å². The Morgan fingerprint density at radius 2 is 2.21 bits per heavy atom. The molecule has 0 saturated carbocycles. The molecule has 1 unspecified atom stereocenters. The van der Waals surface area contributed by atoms with Crippen molar-refractivity contribution >= 4 is 37.6 Å². The van der Waals surface area contributed by atoms with Crippen LogP contribution >= 0.6 is 27.5 Å². The lowest BCUT2D eigenvalue weighted by Crippen LogP contribution is -2.34. The largest absolute Gasteiger partial charge is 0.330 e. The Labute approximate surface area is 127 Å². The second-order valence-corrected chi connectivity index (χ2v) is 8.41. The van der Waals surface area contributed by atoms with Crippen molar-refractivity contribution < 1.29 is 8.42 Å². The molecule has 2 N–H and O–H groups in total. The van der Waals surface area contributed by atoms with Gasteiger partial charge in [0.15, 0.2) is 0 Å². The molecule has 0 radical (unpaired) electrons. The van der Waals surface area contributed by atoms with Gasteiger partial charge in [0.05, 0.1) is 5.02 Å². The zero-order valence-electron chi connectivity index (χ0n) is 10.6. The van der Waals surface area contributed by atoms with Crippen LogP contribution in [0.3, 0.4) is 0 Å². The van der Waals surface area contributed by atoms with Gasteiger partial charge in [-0.15, -0.1) is 0 Å². The maximum atomic E-state index is 12.6. The Balaban J connectivity index is 2.36. The second kappa shape index (κ2) is 5.33. The second-order valence-electron chi connectivity index (χ2n) is 5.18. The molecule has 4 nitrogen and oxygen atoms in total. The van der Waals surface area contributed by atoms with Crippen molar-refractivity contribution in [3.05, 3.63) is 27.7 Å². The van der Waals surface area contributed by atoms with Crippen LogP contribution in [0.25, 0.3) is 0 Å². The minimum Gasteiger partial charge on any atom is -0.330 e. The summed E-state index contributed by atoms with van der Waals surface area (Å²) in [6, 6.07) is 4.84. The molecule has 1 aliphatic heterocycles. The molecule has 1 saturated heterocycles. The fraction of sp³-hybridized carbons (Fsp3) is 0.500. The number of sulfonamides is 1. The van der Waals surface area contributed by atoms with Crippen LogP contribution < -0.4 is 5.73 Å². The molecule has 1 aliphatic rings. The number of nitrogens with two attached hydrogens (primary N) is 1. The predicted molar refractivity (Wildman–Crippen MR) is 79.7 cm³/mol. The molecule has 1 aromatic rings. The van der Waals surface area contributed by atoms with Gasteiger partial charge in [0, 0.05) is 17.6 Å². The zero-order valence-corrected chi connectivity index (χ0v) is 13.7. The lowest BCUT2D eigenvalue weighted by atomic mass is 9.90. The van der Waals surface area contributed by atoms with E-state index in [0.717, 1.165) is 6.42 Å². The minimum atomic E-state index is -3.56. The molecule has 0 aliphatic carbocycles. The van der Waals surface area contributed by atoms with E-state index in [0.29, 0.717) is 24.1 Å². The molecule has 0 amide bonds. The summed E-state index contributed by atoms with van der Waals surface area (Å²) in [5.74, 6) is 0. The van der Waals surface area contributed by atoms with Gasteiger partial charge in [-0.05, 0) is 36.6 Å². The number of benzene rings is 1. The van der Waals surface area contributed by atoms with Crippen LogP contribution in [0.15, 0.2) is 27.6 Å². The van der Waals surface area contributed by atoms with Gasteiger partial charge in [0.1, 0.15) is 4.90 Å². The van der Waals surface area contributed by atoms with Gasteiger partial charge in [-0.2, -0.15) is 4.31 Å². The highest BCUT2D eigenvalue weighted by Gasteiger charge is 2.39. The minimum absolute atomic E-state index is 0.143. The van der Waals surface area contributed by atoms with Crippen LogP contribution in [0.2, 0.25) is 5.02 Å². The summed E-state index contributed by atoms with van der Waals surface area (Å²) >= 11 is 9.28. The van der Waals surface area contributed by atoms with Crippen LogP contribution in [0.1, 0.15) is 13.3 Å². The van der Waals surface area contributed by atoms with Gasteiger partial charge in [0.2, 0.25) is 10.0 Å². The van der Waals surface area contributed by atoms with E-state index in [1.54, 1.807) is 12.1 Å². The zero-order chi connectivity index (χ0) is 14.3. The molecule has 1 heterocycles. The fourth-order valence-corrected chi connectivity index (χ4v) is 4.77. The Hall–Kier alpha value is -0.140. The molecule has 106 valence electrons. The molecule has 0 aromatic heterocycles. The molecule has 1 atom stereocenters. The number of halogens is 2. The monoisotopic (exact) mass is 366 g/mol. The van der Waals surface area contributed by atoms with E-state index in [4.69, 9.17) is 17.3 Å². The van der Waals surface area contributed by atoms with Gasteiger partial charge in [-0.1, -0.05) is 34.5 Å². The third kappa shape index (κ3) is 2.97. The van der Waals surface area contributed by atoms with Crippen LogP contribution in [0.5, 0.6) is 0 Å². The van der Waals surface area contributed by atoms with Crippen molar-refractivity contribution in [3.8, 4) is 0 Å². The number of nitrogens with zero attached hydrogens (tertiary/aromatic N) is 1. The first kappa shape index (κ1) is 15.3. The first-order valence-corrected chi connectivity index (χ1v) is 8.55. The highest BCUT2D eigenvalue weighted by molar-refractivity contribution is 9.10. The molecule has 1 aromatic carbocycles. The summed E-state index contributed by atoms with van der Waals surface area (Å²) in [6.45, 7) is 3.41. The van der Waals surface area contributed by atoms with Crippen molar-refractivity contribution in [1.82, 2.24) is 4.31 Å². The molecule has 2 rings (SSSR count). The average molecular weight is 368 g/mol. The van der Waals surface area contributed by atoms with Gasteiger partial charge in [-0.25, -0.2) is 8.42 Å². The van der Waals surface area contributed by atoms with Crippen molar-refractivity contribution in [2.75, 3.05) is 19.6 Å². The Morgan fingerprint density at radius 3 is 2.79 bits per heavy atom. The lowest BCUT2D eigenvalue weighted by Gasteiger charge is -2.22. The highest BCUT2D eigenvalue weighted by atomic mass is 79.9. The highest BCUT2D eigenvalue weighted by Crippen LogP contribution is 2.35. The molecule has 1 fully saturated rings. The summed E-state index contributed by atoms with van der Waals surface area (Å²) in [7, 11) is -3.56. The molecule has 19 heavy (non-hydrogen) atoms. The van der Waals surface area contributed by atoms with Gasteiger partial charge < -0.3 is 5.73 Å². The summed E-state index contributed by atoms with van der Waals surface area (Å²) in [5.41, 5.74) is 5.56. The SMILES string of the molecule is CC1(CN)CCN(S(=O)(=O)c2cc(Br)ccc2Cl)C1. The smallest absolute Gasteiger partial charge is 0.244 e. The fourth-order valence-electron chi connectivity index (χ4n) is 2.16. The van der Waals surface area contributed by atoms with E-state index in [1.165, 1.54) is 10.4 Å². The van der Waals surface area contributed by atoms with Gasteiger partial charge >= 0.3 is 0 Å². The molecule has 0 bridgehead atoms. The number of hydrogen-bond acceptors (Lipinski definition) is 3.